The maximum absolute atomic E-state index is 12.0. The zero-order valence-corrected chi connectivity index (χ0v) is 13.1. The summed E-state index contributed by atoms with van der Waals surface area (Å²) in [7, 11) is 0. The van der Waals surface area contributed by atoms with Gasteiger partial charge in [-0.2, -0.15) is 0 Å². The van der Waals surface area contributed by atoms with E-state index in [9.17, 15) is 9.59 Å². The quantitative estimate of drug-likeness (QED) is 0.626. The molecule has 21 heavy (non-hydrogen) atoms. The number of likely N-dealkylation sites (N-methyl/N-ethyl adjacent to an activating group) is 1. The molecule has 0 atom stereocenters. The molecule has 118 valence electrons. The van der Waals surface area contributed by atoms with Gasteiger partial charge in [-0.3, -0.25) is 19.4 Å². The molecule has 1 aliphatic rings. The Bertz CT molecular complexity index is 380. The molecular formula is C15H26N4O2. The van der Waals surface area contributed by atoms with Gasteiger partial charge in [0, 0.05) is 39.3 Å². The molecule has 2 amide bonds. The third-order valence-electron chi connectivity index (χ3n) is 3.69. The summed E-state index contributed by atoms with van der Waals surface area (Å²) in [5, 5.41) is 2.66. The normalized spacial score (nSPS) is 16.2. The molecular weight excluding hydrogens is 268 g/mol. The zero-order chi connectivity index (χ0) is 15.7. The molecule has 1 rings (SSSR count). The van der Waals surface area contributed by atoms with Crippen molar-refractivity contribution in [3.05, 3.63) is 0 Å². The minimum atomic E-state index is -0.0411. The zero-order valence-electron chi connectivity index (χ0n) is 13.1. The van der Waals surface area contributed by atoms with Crippen molar-refractivity contribution < 1.29 is 9.59 Å². The fourth-order valence-electron chi connectivity index (χ4n) is 2.38. The van der Waals surface area contributed by atoms with Crippen molar-refractivity contribution in [3.63, 3.8) is 0 Å². The number of rotatable bonds is 7. The van der Waals surface area contributed by atoms with Gasteiger partial charge in [0.05, 0.1) is 19.6 Å². The van der Waals surface area contributed by atoms with E-state index < -0.39 is 0 Å². The molecule has 0 aromatic rings. The number of piperazine rings is 1. The molecule has 1 aliphatic heterocycles. The van der Waals surface area contributed by atoms with Gasteiger partial charge >= 0.3 is 0 Å². The number of terminal acetylenes is 1. The SMILES string of the molecule is C#CCNC(=O)CN1CCN(CC(=O)N(CC)CC)CC1. The minimum Gasteiger partial charge on any atom is -0.344 e. The highest BCUT2D eigenvalue weighted by atomic mass is 16.2. The number of carbonyl (C=O) groups excluding carboxylic acids is 2. The first-order valence-corrected chi connectivity index (χ1v) is 7.53. The van der Waals surface area contributed by atoms with Crippen LogP contribution in [0.1, 0.15) is 13.8 Å². The molecule has 0 saturated carbocycles. The monoisotopic (exact) mass is 294 g/mol. The van der Waals surface area contributed by atoms with Crippen molar-refractivity contribution in [1.82, 2.24) is 20.0 Å². The number of carbonyl (C=O) groups is 2. The standard InChI is InChI=1S/C15H26N4O2/c1-4-7-16-14(20)12-17-8-10-18(11-9-17)13-15(21)19(5-2)6-3/h1H,5-13H2,2-3H3,(H,16,20). The van der Waals surface area contributed by atoms with E-state index in [-0.39, 0.29) is 18.4 Å². The van der Waals surface area contributed by atoms with E-state index in [1.165, 1.54) is 0 Å². The third-order valence-corrected chi connectivity index (χ3v) is 3.69. The van der Waals surface area contributed by atoms with Crippen molar-refractivity contribution in [1.29, 1.82) is 0 Å². The summed E-state index contributed by atoms with van der Waals surface area (Å²) in [6, 6.07) is 0. The topological polar surface area (TPSA) is 55.9 Å². The minimum absolute atomic E-state index is 0.0411. The van der Waals surface area contributed by atoms with E-state index in [1.54, 1.807) is 0 Å². The van der Waals surface area contributed by atoms with Gasteiger partial charge in [0.15, 0.2) is 0 Å². The number of amides is 2. The van der Waals surface area contributed by atoms with Crippen LogP contribution in [0.3, 0.4) is 0 Å². The van der Waals surface area contributed by atoms with Gasteiger partial charge in [0.2, 0.25) is 11.8 Å². The summed E-state index contributed by atoms with van der Waals surface area (Å²) in [5.74, 6) is 2.52. The number of nitrogens with one attached hydrogen (secondary N) is 1. The van der Waals surface area contributed by atoms with Crippen LogP contribution in [0.2, 0.25) is 0 Å². The average molecular weight is 294 g/mol. The van der Waals surface area contributed by atoms with Gasteiger partial charge in [-0.15, -0.1) is 6.42 Å². The average Bonchev–Trinajstić information content (AvgIpc) is 2.48. The molecule has 1 saturated heterocycles. The van der Waals surface area contributed by atoms with Crippen LogP contribution in [0.15, 0.2) is 0 Å². The van der Waals surface area contributed by atoms with Gasteiger partial charge in [-0.1, -0.05) is 5.92 Å². The predicted molar refractivity (Wildman–Crippen MR) is 82.7 cm³/mol. The molecule has 1 N–H and O–H groups in total. The summed E-state index contributed by atoms with van der Waals surface area (Å²) >= 11 is 0. The molecule has 0 aromatic carbocycles. The molecule has 0 aliphatic carbocycles. The number of hydrogen-bond donors (Lipinski definition) is 1. The van der Waals surface area contributed by atoms with E-state index in [0.717, 1.165) is 39.3 Å². The Morgan fingerprint density at radius 3 is 2.10 bits per heavy atom. The molecule has 6 nitrogen and oxygen atoms in total. The summed E-state index contributed by atoms with van der Waals surface area (Å²) in [6.45, 7) is 9.85. The Kier molecular flexibility index (Phi) is 7.80. The van der Waals surface area contributed by atoms with Gasteiger partial charge in [-0.05, 0) is 13.8 Å². The first-order valence-electron chi connectivity index (χ1n) is 7.53. The first-order chi connectivity index (χ1) is 10.1. The van der Waals surface area contributed by atoms with Crippen LogP contribution in [0.4, 0.5) is 0 Å². The van der Waals surface area contributed by atoms with Crippen LogP contribution >= 0.6 is 0 Å². The molecule has 1 heterocycles. The van der Waals surface area contributed by atoms with Crippen LogP contribution in [-0.4, -0.2) is 85.4 Å². The van der Waals surface area contributed by atoms with Crippen molar-refractivity contribution in [2.45, 2.75) is 13.8 Å². The van der Waals surface area contributed by atoms with Crippen LogP contribution in [0.5, 0.6) is 0 Å². The van der Waals surface area contributed by atoms with E-state index in [2.05, 4.69) is 21.0 Å². The summed E-state index contributed by atoms with van der Waals surface area (Å²) < 4.78 is 0. The second-order valence-corrected chi connectivity index (χ2v) is 5.10. The molecule has 0 spiro atoms. The number of hydrogen-bond acceptors (Lipinski definition) is 4. The lowest BCUT2D eigenvalue weighted by atomic mass is 10.3. The number of nitrogens with zero attached hydrogens (tertiary/aromatic N) is 3. The van der Waals surface area contributed by atoms with Gasteiger partial charge in [0.1, 0.15) is 0 Å². The third kappa shape index (κ3) is 6.15. The summed E-state index contributed by atoms with van der Waals surface area (Å²) in [5.41, 5.74) is 0. The molecule has 6 heteroatoms. The highest BCUT2D eigenvalue weighted by Crippen LogP contribution is 2.02. The van der Waals surface area contributed by atoms with E-state index >= 15 is 0 Å². The van der Waals surface area contributed by atoms with Crippen LogP contribution in [0, 0.1) is 12.3 Å². The second-order valence-electron chi connectivity index (χ2n) is 5.10. The Morgan fingerprint density at radius 1 is 1.10 bits per heavy atom. The summed E-state index contributed by atoms with van der Waals surface area (Å²) in [4.78, 5) is 29.7. The van der Waals surface area contributed by atoms with Crippen LogP contribution < -0.4 is 5.32 Å². The highest BCUT2D eigenvalue weighted by molar-refractivity contribution is 5.78. The first kappa shape index (κ1) is 17.5. The maximum atomic E-state index is 12.0. The Hall–Kier alpha value is -1.58. The Labute approximate surface area is 127 Å². The summed E-state index contributed by atoms with van der Waals surface area (Å²) in [6.07, 6.45) is 5.10. The van der Waals surface area contributed by atoms with Gasteiger partial charge in [0.25, 0.3) is 0 Å². The molecule has 0 radical (unpaired) electrons. The van der Waals surface area contributed by atoms with Crippen molar-refractivity contribution in [2.24, 2.45) is 0 Å². The molecule has 0 bridgehead atoms. The van der Waals surface area contributed by atoms with E-state index in [1.807, 2.05) is 18.7 Å². The van der Waals surface area contributed by atoms with Crippen LogP contribution in [0.25, 0.3) is 0 Å². The smallest absolute Gasteiger partial charge is 0.236 e. The van der Waals surface area contributed by atoms with Gasteiger partial charge in [-0.25, -0.2) is 0 Å². The molecule has 0 aromatic heterocycles. The van der Waals surface area contributed by atoms with Crippen LogP contribution in [-0.2, 0) is 9.59 Å². The van der Waals surface area contributed by atoms with E-state index in [0.29, 0.717) is 13.1 Å². The molecule has 0 unspecified atom stereocenters. The van der Waals surface area contributed by atoms with Gasteiger partial charge < -0.3 is 10.2 Å². The fraction of sp³-hybridized carbons (Fsp3) is 0.733. The molecule has 1 fully saturated rings. The lowest BCUT2D eigenvalue weighted by Crippen LogP contribution is -2.52. The van der Waals surface area contributed by atoms with Crippen molar-refractivity contribution in [3.8, 4) is 12.3 Å². The second kappa shape index (κ2) is 9.37. The lowest BCUT2D eigenvalue weighted by Gasteiger charge is -2.34. The Balaban J connectivity index is 2.27. The fourth-order valence-corrected chi connectivity index (χ4v) is 2.38. The van der Waals surface area contributed by atoms with E-state index in [4.69, 9.17) is 6.42 Å². The van der Waals surface area contributed by atoms with Crippen molar-refractivity contribution >= 4 is 11.8 Å². The Morgan fingerprint density at radius 2 is 1.62 bits per heavy atom. The maximum Gasteiger partial charge on any atom is 0.236 e. The van der Waals surface area contributed by atoms with Crippen molar-refractivity contribution in [2.75, 3.05) is 58.9 Å². The highest BCUT2D eigenvalue weighted by Gasteiger charge is 2.21. The lowest BCUT2D eigenvalue weighted by molar-refractivity contribution is -0.133. The largest absolute Gasteiger partial charge is 0.344 e. The predicted octanol–water partition coefficient (Wildman–Crippen LogP) is -0.778.